The van der Waals surface area contributed by atoms with Gasteiger partial charge in [0.2, 0.25) is 0 Å². The third kappa shape index (κ3) is 5.08. The van der Waals surface area contributed by atoms with Crippen molar-refractivity contribution in [3.63, 3.8) is 0 Å². The normalized spacial score (nSPS) is 16.4. The molecule has 1 heterocycles. The lowest BCUT2D eigenvalue weighted by Crippen LogP contribution is -2.41. The Bertz CT molecular complexity index is 626. The lowest BCUT2D eigenvalue weighted by Gasteiger charge is -2.32. The summed E-state index contributed by atoms with van der Waals surface area (Å²) in [5.41, 5.74) is 0.233. The summed E-state index contributed by atoms with van der Waals surface area (Å²) in [7, 11) is 0. The number of ether oxygens (including phenoxy) is 1. The van der Waals surface area contributed by atoms with Crippen LogP contribution < -0.4 is 0 Å². The van der Waals surface area contributed by atoms with Gasteiger partial charge in [-0.1, -0.05) is 24.3 Å². The average Bonchev–Trinajstić information content (AvgIpc) is 2.52. The molecule has 0 spiro atoms. The number of amides is 1. The highest BCUT2D eigenvalue weighted by Gasteiger charge is 2.26. The van der Waals surface area contributed by atoms with E-state index in [0.29, 0.717) is 24.6 Å². The van der Waals surface area contributed by atoms with Crippen molar-refractivity contribution in [2.45, 2.75) is 39.2 Å². The number of rotatable bonds is 3. The predicted molar refractivity (Wildman–Crippen MR) is 92.7 cm³/mol. The van der Waals surface area contributed by atoms with E-state index < -0.39 is 5.60 Å². The van der Waals surface area contributed by atoms with Crippen LogP contribution in [0.2, 0.25) is 0 Å². The van der Waals surface area contributed by atoms with Crippen LogP contribution in [0, 0.1) is 16.0 Å². The third-order valence-electron chi connectivity index (χ3n) is 3.87. The molecule has 6 heteroatoms. The molecule has 1 aliphatic heterocycles. The van der Waals surface area contributed by atoms with Crippen LogP contribution in [0.5, 0.6) is 0 Å². The number of hydrogen-bond acceptors (Lipinski definition) is 4. The first kappa shape index (κ1) is 18.0. The van der Waals surface area contributed by atoms with E-state index in [1.165, 1.54) is 6.07 Å². The monoisotopic (exact) mass is 332 g/mol. The van der Waals surface area contributed by atoms with Gasteiger partial charge in [-0.2, -0.15) is 0 Å². The van der Waals surface area contributed by atoms with E-state index in [1.807, 2.05) is 32.9 Å². The van der Waals surface area contributed by atoms with Gasteiger partial charge < -0.3 is 9.64 Å². The molecular formula is C18H24N2O4. The molecule has 6 nitrogen and oxygen atoms in total. The summed E-state index contributed by atoms with van der Waals surface area (Å²) in [5.74, 6) is 0.309. The molecule has 1 aliphatic rings. The fourth-order valence-corrected chi connectivity index (χ4v) is 2.64. The van der Waals surface area contributed by atoms with Crippen LogP contribution in [-0.2, 0) is 4.74 Å². The molecular weight excluding hydrogens is 308 g/mol. The average molecular weight is 332 g/mol. The highest BCUT2D eigenvalue weighted by molar-refractivity contribution is 5.68. The summed E-state index contributed by atoms with van der Waals surface area (Å²) < 4.78 is 5.38. The van der Waals surface area contributed by atoms with E-state index in [-0.39, 0.29) is 16.7 Å². The minimum absolute atomic E-state index is 0.111. The minimum Gasteiger partial charge on any atom is -0.444 e. The first-order valence-corrected chi connectivity index (χ1v) is 8.16. The van der Waals surface area contributed by atoms with Gasteiger partial charge in [-0.15, -0.1) is 0 Å². The molecule has 130 valence electrons. The maximum atomic E-state index is 12.0. The smallest absolute Gasteiger partial charge is 0.410 e. The van der Waals surface area contributed by atoms with Gasteiger partial charge >= 0.3 is 6.09 Å². The molecule has 0 bridgehead atoms. The molecule has 0 radical (unpaired) electrons. The molecule has 1 aromatic rings. The van der Waals surface area contributed by atoms with Crippen LogP contribution in [0.15, 0.2) is 30.3 Å². The Morgan fingerprint density at radius 3 is 2.50 bits per heavy atom. The van der Waals surface area contributed by atoms with Gasteiger partial charge in [-0.3, -0.25) is 10.1 Å². The molecule has 0 unspecified atom stereocenters. The van der Waals surface area contributed by atoms with Gasteiger partial charge in [0.05, 0.1) is 10.5 Å². The largest absolute Gasteiger partial charge is 0.444 e. The molecule has 2 rings (SSSR count). The number of piperidine rings is 1. The molecule has 1 fully saturated rings. The second-order valence-electron chi connectivity index (χ2n) is 6.98. The number of nitro groups is 1. The molecule has 1 amide bonds. The van der Waals surface area contributed by atoms with Crippen molar-refractivity contribution in [1.29, 1.82) is 0 Å². The van der Waals surface area contributed by atoms with Crippen molar-refractivity contribution in [2.75, 3.05) is 13.1 Å². The van der Waals surface area contributed by atoms with Crippen LogP contribution >= 0.6 is 0 Å². The molecule has 0 aromatic heterocycles. The van der Waals surface area contributed by atoms with Crippen LogP contribution in [0.25, 0.3) is 6.08 Å². The third-order valence-corrected chi connectivity index (χ3v) is 3.87. The Hall–Kier alpha value is -2.37. The zero-order valence-electron chi connectivity index (χ0n) is 14.4. The maximum Gasteiger partial charge on any atom is 0.410 e. The Labute approximate surface area is 142 Å². The SMILES string of the molecule is CC(C)(C)OC(=O)N1CCC(C=Cc2ccccc2[N+](=O)[O-])CC1. The topological polar surface area (TPSA) is 72.7 Å². The number of nitro benzene ring substituents is 1. The molecule has 0 saturated carbocycles. The second-order valence-corrected chi connectivity index (χ2v) is 6.98. The van der Waals surface area contributed by atoms with Crippen molar-refractivity contribution in [2.24, 2.45) is 5.92 Å². The lowest BCUT2D eigenvalue weighted by atomic mass is 9.95. The maximum absolute atomic E-state index is 12.0. The van der Waals surface area contributed by atoms with Crippen LogP contribution in [0.3, 0.4) is 0 Å². The van der Waals surface area contributed by atoms with E-state index in [4.69, 9.17) is 4.74 Å². The van der Waals surface area contributed by atoms with Gasteiger partial charge in [-0.05, 0) is 45.6 Å². The van der Waals surface area contributed by atoms with E-state index >= 15 is 0 Å². The summed E-state index contributed by atoms with van der Waals surface area (Å²) in [6.45, 7) is 6.84. The van der Waals surface area contributed by atoms with E-state index in [1.54, 1.807) is 23.1 Å². The first-order chi connectivity index (χ1) is 11.3. The summed E-state index contributed by atoms with van der Waals surface area (Å²) in [6, 6.07) is 6.70. The fraction of sp³-hybridized carbons (Fsp3) is 0.500. The van der Waals surface area contributed by atoms with E-state index in [9.17, 15) is 14.9 Å². The number of nitrogens with zero attached hydrogens (tertiary/aromatic N) is 2. The van der Waals surface area contributed by atoms with Crippen molar-refractivity contribution in [3.05, 3.63) is 46.0 Å². The van der Waals surface area contributed by atoms with Gasteiger partial charge in [-0.25, -0.2) is 4.79 Å². The zero-order valence-corrected chi connectivity index (χ0v) is 14.4. The predicted octanol–water partition coefficient (Wildman–Crippen LogP) is 4.26. The fourth-order valence-electron chi connectivity index (χ4n) is 2.64. The first-order valence-electron chi connectivity index (χ1n) is 8.16. The highest BCUT2D eigenvalue weighted by Crippen LogP contribution is 2.24. The van der Waals surface area contributed by atoms with Crippen LogP contribution in [0.1, 0.15) is 39.2 Å². The summed E-state index contributed by atoms with van der Waals surface area (Å²) in [4.78, 5) is 24.4. The Balaban J connectivity index is 1.92. The van der Waals surface area contributed by atoms with E-state index in [0.717, 1.165) is 12.8 Å². The number of allylic oxidation sites excluding steroid dienone is 1. The van der Waals surface area contributed by atoms with Gasteiger partial charge in [0, 0.05) is 19.2 Å². The van der Waals surface area contributed by atoms with Crippen LogP contribution in [-0.4, -0.2) is 34.6 Å². The number of hydrogen-bond donors (Lipinski definition) is 0. The lowest BCUT2D eigenvalue weighted by molar-refractivity contribution is -0.385. The van der Waals surface area contributed by atoms with Crippen molar-refractivity contribution >= 4 is 17.9 Å². The van der Waals surface area contributed by atoms with Gasteiger partial charge in [0.1, 0.15) is 5.60 Å². The number of carbonyl (C=O) groups is 1. The highest BCUT2D eigenvalue weighted by atomic mass is 16.6. The Morgan fingerprint density at radius 2 is 1.92 bits per heavy atom. The molecule has 0 N–H and O–H groups in total. The molecule has 24 heavy (non-hydrogen) atoms. The Kier molecular flexibility index (Phi) is 5.59. The van der Waals surface area contributed by atoms with E-state index in [2.05, 4.69) is 0 Å². The molecule has 1 saturated heterocycles. The van der Waals surface area contributed by atoms with Crippen LogP contribution in [0.4, 0.5) is 10.5 Å². The number of para-hydroxylation sites is 1. The zero-order chi connectivity index (χ0) is 17.7. The van der Waals surface area contributed by atoms with Crippen molar-refractivity contribution in [1.82, 2.24) is 4.90 Å². The number of benzene rings is 1. The summed E-state index contributed by atoms with van der Waals surface area (Å²) in [5, 5.41) is 11.0. The summed E-state index contributed by atoms with van der Waals surface area (Å²) >= 11 is 0. The number of carbonyl (C=O) groups excluding carboxylic acids is 1. The molecule has 1 aromatic carbocycles. The van der Waals surface area contributed by atoms with Gasteiger partial charge in [0.25, 0.3) is 5.69 Å². The molecule has 0 atom stereocenters. The van der Waals surface area contributed by atoms with Crippen molar-refractivity contribution < 1.29 is 14.5 Å². The second kappa shape index (κ2) is 7.47. The van der Waals surface area contributed by atoms with Gasteiger partial charge in [0.15, 0.2) is 0 Å². The minimum atomic E-state index is -0.486. The van der Waals surface area contributed by atoms with Crippen molar-refractivity contribution in [3.8, 4) is 0 Å². The quantitative estimate of drug-likeness (QED) is 0.612. The summed E-state index contributed by atoms with van der Waals surface area (Å²) in [6.07, 6.45) is 5.21. The Morgan fingerprint density at radius 1 is 1.29 bits per heavy atom. The molecule has 0 aliphatic carbocycles. The number of likely N-dealkylation sites (tertiary alicyclic amines) is 1. The standard InChI is InChI=1S/C18H24N2O4/c1-18(2,3)24-17(21)19-12-10-14(11-13-19)8-9-15-6-4-5-7-16(15)20(22)23/h4-9,14H,10-13H2,1-3H3.